The molecule has 0 amide bonds. The average molecular weight is 1020 g/mol. The lowest BCUT2D eigenvalue weighted by atomic mass is 10.0. The Kier molecular flexibility index (Phi) is 56.5. The average Bonchev–Trinajstić information content (AvgIpc) is 3.36. The number of carbonyl (C=O) groups is 2. The van der Waals surface area contributed by atoms with Gasteiger partial charge in [-0.3, -0.25) is 18.6 Å². The van der Waals surface area contributed by atoms with Crippen LogP contribution in [0.1, 0.15) is 322 Å². The van der Waals surface area contributed by atoms with Crippen molar-refractivity contribution in [3.8, 4) is 0 Å². The number of hydrogen-bond acceptors (Lipinski definition) is 8. The molecule has 0 aromatic heterocycles. The topological polar surface area (TPSA) is 134 Å². The smallest absolute Gasteiger partial charge is 0.462 e. The molecule has 0 bridgehead atoms. The van der Waals surface area contributed by atoms with E-state index in [2.05, 4.69) is 38.2 Å². The summed E-state index contributed by atoms with van der Waals surface area (Å²) < 4.78 is 33.1. The van der Waals surface area contributed by atoms with Crippen LogP contribution in [-0.2, 0) is 32.7 Å². The summed E-state index contributed by atoms with van der Waals surface area (Å²) >= 11 is 0. The highest BCUT2D eigenvalue weighted by Crippen LogP contribution is 2.43. The van der Waals surface area contributed by atoms with Crippen LogP contribution < -0.4 is 5.73 Å². The third-order valence-electron chi connectivity index (χ3n) is 13.8. The molecule has 2 atom stereocenters. The van der Waals surface area contributed by atoms with E-state index in [-0.39, 0.29) is 38.6 Å². The minimum atomic E-state index is -4.39. The highest BCUT2D eigenvalue weighted by molar-refractivity contribution is 7.47. The second kappa shape index (κ2) is 57.8. The van der Waals surface area contributed by atoms with Gasteiger partial charge in [-0.1, -0.05) is 269 Å². The molecule has 0 saturated carbocycles. The van der Waals surface area contributed by atoms with Gasteiger partial charge >= 0.3 is 19.8 Å². The zero-order valence-corrected chi connectivity index (χ0v) is 47.9. The number of rotatable bonds is 59. The van der Waals surface area contributed by atoms with Gasteiger partial charge in [0.05, 0.1) is 13.2 Å². The molecule has 10 heteroatoms. The predicted octanol–water partition coefficient (Wildman–Crippen LogP) is 19.4. The van der Waals surface area contributed by atoms with Gasteiger partial charge in [0.15, 0.2) is 6.10 Å². The van der Waals surface area contributed by atoms with Crippen molar-refractivity contribution in [3.05, 3.63) is 24.3 Å². The van der Waals surface area contributed by atoms with Crippen LogP contribution >= 0.6 is 7.82 Å². The number of unbranched alkanes of at least 4 members (excludes halogenated alkanes) is 42. The molecule has 0 radical (unpaired) electrons. The molecule has 420 valence electrons. The molecule has 71 heavy (non-hydrogen) atoms. The van der Waals surface area contributed by atoms with Crippen molar-refractivity contribution in [3.63, 3.8) is 0 Å². The Bertz CT molecular complexity index is 1210. The van der Waals surface area contributed by atoms with E-state index in [4.69, 9.17) is 24.3 Å². The van der Waals surface area contributed by atoms with E-state index in [9.17, 15) is 19.0 Å². The number of nitrogens with two attached hydrogens (primary N) is 1. The molecule has 2 unspecified atom stereocenters. The number of phosphoric ester groups is 1. The predicted molar refractivity (Wildman–Crippen MR) is 303 cm³/mol. The quantitative estimate of drug-likeness (QED) is 0.0264. The molecule has 0 heterocycles. The molecule has 0 fully saturated rings. The summed E-state index contributed by atoms with van der Waals surface area (Å²) in [6.07, 6.45) is 68.2. The summed E-state index contributed by atoms with van der Waals surface area (Å²) in [5.41, 5.74) is 5.39. The van der Waals surface area contributed by atoms with Gasteiger partial charge in [-0.25, -0.2) is 4.57 Å². The van der Waals surface area contributed by atoms with E-state index in [1.165, 1.54) is 257 Å². The van der Waals surface area contributed by atoms with Gasteiger partial charge in [0, 0.05) is 19.4 Å². The lowest BCUT2D eigenvalue weighted by molar-refractivity contribution is -0.161. The summed E-state index contributed by atoms with van der Waals surface area (Å²) in [7, 11) is -4.39. The highest BCUT2D eigenvalue weighted by Gasteiger charge is 2.26. The van der Waals surface area contributed by atoms with Crippen molar-refractivity contribution in [1.29, 1.82) is 0 Å². The van der Waals surface area contributed by atoms with Crippen molar-refractivity contribution in [2.24, 2.45) is 5.73 Å². The van der Waals surface area contributed by atoms with Gasteiger partial charge in [-0.2, -0.15) is 0 Å². The van der Waals surface area contributed by atoms with E-state index in [1.807, 2.05) is 0 Å². The molecular weight excluding hydrogens is 906 g/mol. The lowest BCUT2D eigenvalue weighted by Gasteiger charge is -2.19. The largest absolute Gasteiger partial charge is 0.472 e. The van der Waals surface area contributed by atoms with Crippen LogP contribution in [0.4, 0.5) is 0 Å². The van der Waals surface area contributed by atoms with Gasteiger partial charge in [0.25, 0.3) is 0 Å². The first-order valence-electron chi connectivity index (χ1n) is 30.8. The van der Waals surface area contributed by atoms with Crippen LogP contribution in [0.5, 0.6) is 0 Å². The van der Waals surface area contributed by atoms with Crippen molar-refractivity contribution < 1.29 is 37.6 Å². The van der Waals surface area contributed by atoms with E-state index >= 15 is 0 Å². The first kappa shape index (κ1) is 69.5. The van der Waals surface area contributed by atoms with Gasteiger partial charge in [0.1, 0.15) is 6.61 Å². The maximum absolute atomic E-state index is 12.7. The summed E-state index contributed by atoms with van der Waals surface area (Å²) in [4.78, 5) is 35.2. The lowest BCUT2D eigenvalue weighted by Crippen LogP contribution is -2.29. The molecule has 0 aliphatic rings. The summed E-state index contributed by atoms with van der Waals surface area (Å²) in [5, 5.41) is 0. The number of phosphoric acid groups is 1. The summed E-state index contributed by atoms with van der Waals surface area (Å²) in [6, 6.07) is 0. The number of ether oxygens (including phenoxy) is 2. The Morgan fingerprint density at radius 1 is 0.408 bits per heavy atom. The van der Waals surface area contributed by atoms with Gasteiger partial charge in [-0.15, -0.1) is 0 Å². The van der Waals surface area contributed by atoms with E-state index < -0.39 is 26.5 Å². The highest BCUT2D eigenvalue weighted by atomic mass is 31.2. The van der Waals surface area contributed by atoms with Gasteiger partial charge in [0.2, 0.25) is 0 Å². The first-order chi connectivity index (χ1) is 34.8. The standard InChI is InChI=1S/C61H118NO8P/c1-3-5-7-9-11-13-15-17-19-21-23-25-27-28-29-30-32-34-36-38-40-42-44-46-48-50-52-54-61(64)70-59(58-69-71(65,66)68-56-55-62)57-67-60(63)53-51-49-47-45-43-41-39-37-35-33-31-26-24-22-20-18-16-14-12-10-8-6-4-2/h21-24,59H,3-20,25-58,62H2,1-2H3,(H,65,66)/b23-21-,24-22-. The van der Waals surface area contributed by atoms with Crippen LogP contribution in [0.15, 0.2) is 24.3 Å². The summed E-state index contributed by atoms with van der Waals surface area (Å²) in [6.45, 7) is 3.80. The molecule has 0 aliphatic heterocycles. The van der Waals surface area contributed by atoms with Crippen LogP contribution in [0, 0.1) is 0 Å². The molecule has 0 rings (SSSR count). The van der Waals surface area contributed by atoms with Crippen molar-refractivity contribution in [1.82, 2.24) is 0 Å². The van der Waals surface area contributed by atoms with Gasteiger partial charge < -0.3 is 20.1 Å². The fraction of sp³-hybridized carbons (Fsp3) is 0.902. The Hall–Kier alpha value is -1.51. The van der Waals surface area contributed by atoms with Gasteiger partial charge in [-0.05, 0) is 64.2 Å². The Morgan fingerprint density at radius 2 is 0.690 bits per heavy atom. The molecule has 0 aromatic carbocycles. The molecule has 9 nitrogen and oxygen atoms in total. The third-order valence-corrected chi connectivity index (χ3v) is 14.8. The fourth-order valence-electron chi connectivity index (χ4n) is 9.22. The zero-order chi connectivity index (χ0) is 51.7. The van der Waals surface area contributed by atoms with Crippen LogP contribution in [0.3, 0.4) is 0 Å². The Balaban J connectivity index is 3.90. The Labute approximate surface area is 440 Å². The van der Waals surface area contributed by atoms with Crippen LogP contribution in [0.25, 0.3) is 0 Å². The third kappa shape index (κ3) is 57.6. The number of hydrogen-bond donors (Lipinski definition) is 2. The Morgan fingerprint density at radius 3 is 1.00 bits per heavy atom. The maximum atomic E-state index is 12.7. The van der Waals surface area contributed by atoms with E-state index in [1.54, 1.807) is 0 Å². The van der Waals surface area contributed by atoms with Crippen molar-refractivity contribution in [2.75, 3.05) is 26.4 Å². The second-order valence-electron chi connectivity index (χ2n) is 20.9. The minimum Gasteiger partial charge on any atom is -0.462 e. The van der Waals surface area contributed by atoms with Crippen molar-refractivity contribution in [2.45, 2.75) is 328 Å². The van der Waals surface area contributed by atoms with Crippen LogP contribution in [0.2, 0.25) is 0 Å². The number of carbonyl (C=O) groups excluding carboxylic acids is 2. The molecular formula is C61H118NO8P. The fourth-order valence-corrected chi connectivity index (χ4v) is 9.98. The van der Waals surface area contributed by atoms with Crippen LogP contribution in [-0.4, -0.2) is 49.3 Å². The number of esters is 2. The summed E-state index contributed by atoms with van der Waals surface area (Å²) in [5.74, 6) is -0.811. The maximum Gasteiger partial charge on any atom is 0.472 e. The molecule has 0 aliphatic carbocycles. The van der Waals surface area contributed by atoms with E-state index in [0.29, 0.717) is 6.42 Å². The minimum absolute atomic E-state index is 0.0557. The zero-order valence-electron chi connectivity index (χ0n) is 47.0. The monoisotopic (exact) mass is 1020 g/mol. The molecule has 0 spiro atoms. The normalized spacial score (nSPS) is 13.1. The molecule has 3 N–H and O–H groups in total. The molecule has 0 aromatic rings. The second-order valence-corrected chi connectivity index (χ2v) is 22.4. The number of allylic oxidation sites excluding steroid dienone is 4. The van der Waals surface area contributed by atoms with E-state index in [0.717, 1.165) is 32.1 Å². The SMILES string of the molecule is CCCCCCCCCC/C=C\CCCCCCCCCCCCCCCCCC(=O)OC(COC(=O)CCCCCCCCCCCCC/C=C\CCCCCCCCCC)COP(=O)(O)OCCN. The first-order valence-corrected chi connectivity index (χ1v) is 32.3. The van der Waals surface area contributed by atoms with Crippen molar-refractivity contribution >= 4 is 19.8 Å². The molecule has 0 saturated heterocycles.